The van der Waals surface area contributed by atoms with Crippen molar-refractivity contribution < 1.29 is 8.95 Å². The molecule has 172 valence electrons. The molecule has 1 saturated carbocycles. The SMILES string of the molecule is CCNC(=NCc1cccc(COC(C)(C)C)c1)NC1CCCC(S(=O)CC)C1.I. The van der Waals surface area contributed by atoms with Crippen molar-refractivity contribution in [2.75, 3.05) is 12.3 Å². The van der Waals surface area contributed by atoms with E-state index < -0.39 is 10.8 Å². The van der Waals surface area contributed by atoms with E-state index in [0.717, 1.165) is 43.9 Å². The van der Waals surface area contributed by atoms with Gasteiger partial charge >= 0.3 is 0 Å². The quantitative estimate of drug-likeness (QED) is 0.279. The van der Waals surface area contributed by atoms with Gasteiger partial charge in [0.2, 0.25) is 0 Å². The topological polar surface area (TPSA) is 62.7 Å². The highest BCUT2D eigenvalue weighted by Gasteiger charge is 2.26. The summed E-state index contributed by atoms with van der Waals surface area (Å²) in [4.78, 5) is 4.80. The molecule has 0 radical (unpaired) electrons. The van der Waals surface area contributed by atoms with Gasteiger partial charge in [0.15, 0.2) is 5.96 Å². The summed E-state index contributed by atoms with van der Waals surface area (Å²) in [5.41, 5.74) is 2.20. The van der Waals surface area contributed by atoms with Crippen molar-refractivity contribution in [3.8, 4) is 0 Å². The van der Waals surface area contributed by atoms with E-state index in [4.69, 9.17) is 9.73 Å². The van der Waals surface area contributed by atoms with Gasteiger partial charge in [-0.05, 0) is 58.1 Å². The summed E-state index contributed by atoms with van der Waals surface area (Å²) in [6.07, 6.45) is 4.28. The molecule has 0 amide bonds. The Morgan fingerprint density at radius 1 is 1.23 bits per heavy atom. The van der Waals surface area contributed by atoms with Gasteiger partial charge in [-0.3, -0.25) is 4.21 Å². The Morgan fingerprint density at radius 2 is 1.97 bits per heavy atom. The van der Waals surface area contributed by atoms with Crippen LogP contribution in [-0.2, 0) is 28.7 Å². The number of guanidine groups is 1. The van der Waals surface area contributed by atoms with E-state index in [9.17, 15) is 4.21 Å². The standard InChI is InChI=1S/C23H39N3O2S.HI/c1-6-24-22(26-20-12-9-13-21(15-20)29(27)7-2)25-16-18-10-8-11-19(14-18)17-28-23(3,4)5;/h8,10-11,14,20-21H,6-7,9,12-13,15-17H2,1-5H3,(H2,24,25,26);1H. The first kappa shape index (κ1) is 27.4. The molecule has 3 unspecified atom stereocenters. The number of nitrogens with one attached hydrogen (secondary N) is 2. The number of aliphatic imine (C=N–C) groups is 1. The largest absolute Gasteiger partial charge is 0.371 e. The number of rotatable bonds is 8. The van der Waals surface area contributed by atoms with Crippen LogP contribution in [0.2, 0.25) is 0 Å². The highest BCUT2D eigenvalue weighted by molar-refractivity contribution is 14.0. The Hall–Kier alpha value is -0.670. The van der Waals surface area contributed by atoms with Crippen molar-refractivity contribution in [3.63, 3.8) is 0 Å². The van der Waals surface area contributed by atoms with Crippen LogP contribution in [0.3, 0.4) is 0 Å². The van der Waals surface area contributed by atoms with Crippen molar-refractivity contribution in [3.05, 3.63) is 35.4 Å². The molecule has 1 aromatic carbocycles. The summed E-state index contributed by atoms with van der Waals surface area (Å²) in [6, 6.07) is 8.78. The first-order valence-electron chi connectivity index (χ1n) is 10.9. The van der Waals surface area contributed by atoms with Crippen molar-refractivity contribution >= 4 is 40.7 Å². The second-order valence-corrected chi connectivity index (χ2v) is 10.7. The number of benzene rings is 1. The van der Waals surface area contributed by atoms with Gasteiger partial charge in [0.05, 0.1) is 18.8 Å². The maximum absolute atomic E-state index is 12.2. The lowest BCUT2D eigenvalue weighted by molar-refractivity contribution is -0.0149. The van der Waals surface area contributed by atoms with Crippen LogP contribution in [0.15, 0.2) is 29.3 Å². The van der Waals surface area contributed by atoms with E-state index in [-0.39, 0.29) is 29.6 Å². The molecule has 30 heavy (non-hydrogen) atoms. The molecule has 3 atom stereocenters. The van der Waals surface area contributed by atoms with Gasteiger partial charge in [-0.25, -0.2) is 4.99 Å². The zero-order chi connectivity index (χ0) is 21.3. The fourth-order valence-corrected chi connectivity index (χ4v) is 4.90. The molecular formula is C23H40IN3O2S. The molecule has 2 rings (SSSR count). The predicted molar refractivity (Wildman–Crippen MR) is 139 cm³/mol. The zero-order valence-electron chi connectivity index (χ0n) is 19.2. The van der Waals surface area contributed by atoms with Gasteiger partial charge in [-0.1, -0.05) is 37.6 Å². The molecule has 1 aromatic rings. The highest BCUT2D eigenvalue weighted by Crippen LogP contribution is 2.23. The second kappa shape index (κ2) is 13.7. The molecule has 7 heteroatoms. The molecule has 1 aliphatic rings. The minimum Gasteiger partial charge on any atom is -0.371 e. The van der Waals surface area contributed by atoms with Crippen molar-refractivity contribution in [1.29, 1.82) is 0 Å². The van der Waals surface area contributed by atoms with Crippen molar-refractivity contribution in [1.82, 2.24) is 10.6 Å². The third kappa shape index (κ3) is 10.1. The molecular weight excluding hydrogens is 509 g/mol. The maximum Gasteiger partial charge on any atom is 0.191 e. The Bertz CT molecular complexity index is 691. The zero-order valence-corrected chi connectivity index (χ0v) is 22.3. The smallest absolute Gasteiger partial charge is 0.191 e. The van der Waals surface area contributed by atoms with E-state index in [0.29, 0.717) is 24.4 Å². The molecule has 0 bridgehead atoms. The molecule has 0 spiro atoms. The summed E-state index contributed by atoms with van der Waals surface area (Å²) >= 11 is 0. The number of nitrogens with zero attached hydrogens (tertiary/aromatic N) is 1. The first-order chi connectivity index (χ1) is 13.8. The minimum atomic E-state index is -0.710. The van der Waals surface area contributed by atoms with Crippen LogP contribution < -0.4 is 10.6 Å². The fraction of sp³-hybridized carbons (Fsp3) is 0.696. The average Bonchev–Trinajstić information content (AvgIpc) is 2.70. The lowest BCUT2D eigenvalue weighted by Crippen LogP contribution is -2.46. The van der Waals surface area contributed by atoms with E-state index in [1.807, 2.05) is 6.92 Å². The summed E-state index contributed by atoms with van der Waals surface area (Å²) in [5.74, 6) is 1.60. The first-order valence-corrected chi connectivity index (χ1v) is 12.3. The van der Waals surface area contributed by atoms with Crippen LogP contribution in [0.5, 0.6) is 0 Å². The van der Waals surface area contributed by atoms with Crippen molar-refractivity contribution in [2.24, 2.45) is 4.99 Å². The van der Waals surface area contributed by atoms with E-state index in [2.05, 4.69) is 62.6 Å². The van der Waals surface area contributed by atoms with Gasteiger partial charge in [-0.2, -0.15) is 0 Å². The molecule has 0 saturated heterocycles. The highest BCUT2D eigenvalue weighted by atomic mass is 127. The molecule has 0 heterocycles. The predicted octanol–water partition coefficient (Wildman–Crippen LogP) is 4.75. The maximum atomic E-state index is 12.2. The van der Waals surface area contributed by atoms with Gasteiger partial charge in [0.1, 0.15) is 0 Å². The third-order valence-corrected chi connectivity index (χ3v) is 6.79. The molecule has 5 nitrogen and oxygen atoms in total. The lowest BCUT2D eigenvalue weighted by Gasteiger charge is -2.30. The normalized spacial score (nSPS) is 20.9. The van der Waals surface area contributed by atoms with Crippen LogP contribution >= 0.6 is 24.0 Å². The van der Waals surface area contributed by atoms with Gasteiger partial charge < -0.3 is 15.4 Å². The summed E-state index contributed by atoms with van der Waals surface area (Å²) in [7, 11) is -0.710. The molecule has 1 aliphatic carbocycles. The van der Waals surface area contributed by atoms with Gasteiger partial charge in [0, 0.05) is 34.4 Å². The molecule has 0 aliphatic heterocycles. The summed E-state index contributed by atoms with van der Waals surface area (Å²) < 4.78 is 18.1. The molecule has 2 N–H and O–H groups in total. The Labute approximate surface area is 202 Å². The van der Waals surface area contributed by atoms with E-state index in [1.165, 1.54) is 11.1 Å². The van der Waals surface area contributed by atoms with Crippen LogP contribution in [0.4, 0.5) is 0 Å². The van der Waals surface area contributed by atoms with E-state index >= 15 is 0 Å². The number of halogens is 1. The third-order valence-electron chi connectivity index (χ3n) is 5.05. The summed E-state index contributed by atoms with van der Waals surface area (Å²) in [5, 5.41) is 7.25. The number of hydrogen-bond acceptors (Lipinski definition) is 3. The monoisotopic (exact) mass is 549 g/mol. The van der Waals surface area contributed by atoms with Gasteiger partial charge in [-0.15, -0.1) is 24.0 Å². The van der Waals surface area contributed by atoms with Crippen LogP contribution in [0, 0.1) is 0 Å². The minimum absolute atomic E-state index is 0. The average molecular weight is 550 g/mol. The van der Waals surface area contributed by atoms with Gasteiger partial charge in [0.25, 0.3) is 0 Å². The number of hydrogen-bond donors (Lipinski definition) is 2. The molecule has 1 fully saturated rings. The Morgan fingerprint density at radius 3 is 2.63 bits per heavy atom. The fourth-order valence-electron chi connectivity index (χ4n) is 3.55. The molecule has 0 aromatic heterocycles. The van der Waals surface area contributed by atoms with E-state index in [1.54, 1.807) is 0 Å². The van der Waals surface area contributed by atoms with Crippen LogP contribution in [0.25, 0.3) is 0 Å². The lowest BCUT2D eigenvalue weighted by atomic mass is 9.95. The Balaban J connectivity index is 0.00000450. The van der Waals surface area contributed by atoms with Crippen molar-refractivity contribution in [2.45, 2.75) is 90.3 Å². The summed E-state index contributed by atoms with van der Waals surface area (Å²) in [6.45, 7) is 12.4. The number of ether oxygens (including phenoxy) is 1. The van der Waals surface area contributed by atoms with Crippen LogP contribution in [0.1, 0.15) is 71.4 Å². The second-order valence-electron chi connectivity index (χ2n) is 8.72. The Kier molecular flexibility index (Phi) is 12.5. The van der Waals surface area contributed by atoms with Crippen LogP contribution in [-0.4, -0.2) is 39.4 Å².